The van der Waals surface area contributed by atoms with Crippen molar-refractivity contribution in [3.8, 4) is 5.69 Å². The molecule has 0 saturated carbocycles. The third kappa shape index (κ3) is 2.39. The number of hydrogen-bond acceptors (Lipinski definition) is 5. The maximum atomic E-state index is 11.4. The number of carbonyl (C=O) groups is 1. The summed E-state index contributed by atoms with van der Waals surface area (Å²) >= 11 is 4.96. The fourth-order valence-corrected chi connectivity index (χ4v) is 1.51. The van der Waals surface area contributed by atoms with E-state index in [9.17, 15) is 4.79 Å². The molecule has 0 unspecified atom stereocenters. The lowest BCUT2D eigenvalue weighted by atomic mass is 10.2. The Balaban J connectivity index is 2.28. The summed E-state index contributed by atoms with van der Waals surface area (Å²) in [7, 11) is 0. The Morgan fingerprint density at radius 3 is 2.71 bits per heavy atom. The van der Waals surface area contributed by atoms with Crippen molar-refractivity contribution in [2.24, 2.45) is 0 Å². The molecule has 0 aliphatic rings. The minimum absolute atomic E-state index is 0.328. The van der Waals surface area contributed by atoms with E-state index in [4.69, 9.17) is 17.0 Å². The van der Waals surface area contributed by atoms with Crippen LogP contribution in [0.5, 0.6) is 0 Å². The van der Waals surface area contributed by atoms with E-state index in [2.05, 4.69) is 15.5 Å². The van der Waals surface area contributed by atoms with Gasteiger partial charge in [-0.1, -0.05) is 10.3 Å². The number of aromatic amines is 1. The van der Waals surface area contributed by atoms with Gasteiger partial charge in [-0.15, -0.1) is 0 Å². The van der Waals surface area contributed by atoms with Crippen molar-refractivity contribution in [3.63, 3.8) is 0 Å². The first kappa shape index (κ1) is 11.5. The molecule has 1 aromatic carbocycles. The molecule has 0 bridgehead atoms. The summed E-state index contributed by atoms with van der Waals surface area (Å²) in [5.41, 5.74) is 1.25. The Morgan fingerprint density at radius 2 is 2.18 bits per heavy atom. The van der Waals surface area contributed by atoms with E-state index in [-0.39, 0.29) is 5.97 Å². The molecular weight excluding hydrogens is 240 g/mol. The van der Waals surface area contributed by atoms with Crippen LogP contribution in [0.1, 0.15) is 17.3 Å². The molecule has 2 aromatic rings. The van der Waals surface area contributed by atoms with Crippen LogP contribution >= 0.6 is 12.2 Å². The minimum atomic E-state index is -0.342. The van der Waals surface area contributed by atoms with Gasteiger partial charge < -0.3 is 4.74 Å². The third-order valence-corrected chi connectivity index (χ3v) is 2.37. The number of benzene rings is 1. The largest absolute Gasteiger partial charge is 0.462 e. The zero-order chi connectivity index (χ0) is 12.3. The maximum Gasteiger partial charge on any atom is 0.338 e. The Morgan fingerprint density at radius 1 is 1.47 bits per heavy atom. The van der Waals surface area contributed by atoms with Crippen LogP contribution in [0.3, 0.4) is 0 Å². The van der Waals surface area contributed by atoms with Crippen molar-refractivity contribution in [1.29, 1.82) is 0 Å². The van der Waals surface area contributed by atoms with Crippen molar-refractivity contribution in [1.82, 2.24) is 20.2 Å². The van der Waals surface area contributed by atoms with E-state index in [0.717, 1.165) is 5.69 Å². The number of H-pyrrole nitrogens is 1. The van der Waals surface area contributed by atoms with Gasteiger partial charge in [-0.25, -0.2) is 9.48 Å². The monoisotopic (exact) mass is 250 g/mol. The molecule has 0 saturated heterocycles. The van der Waals surface area contributed by atoms with Gasteiger partial charge in [0.1, 0.15) is 0 Å². The molecule has 0 aliphatic heterocycles. The smallest absolute Gasteiger partial charge is 0.338 e. The number of tetrazole rings is 1. The summed E-state index contributed by atoms with van der Waals surface area (Å²) in [4.78, 5) is 11.4. The number of rotatable bonds is 3. The number of carbonyl (C=O) groups excluding carboxylic acids is 1. The predicted octanol–water partition coefficient (Wildman–Crippen LogP) is 1.50. The van der Waals surface area contributed by atoms with Gasteiger partial charge in [-0.05, 0) is 43.4 Å². The molecule has 17 heavy (non-hydrogen) atoms. The normalized spacial score (nSPS) is 10.2. The van der Waals surface area contributed by atoms with Crippen molar-refractivity contribution in [2.45, 2.75) is 6.92 Å². The number of aromatic nitrogens is 4. The van der Waals surface area contributed by atoms with Gasteiger partial charge in [-0.3, -0.25) is 0 Å². The quantitative estimate of drug-likeness (QED) is 0.660. The van der Waals surface area contributed by atoms with Gasteiger partial charge >= 0.3 is 5.97 Å². The average molecular weight is 250 g/mol. The van der Waals surface area contributed by atoms with Crippen molar-refractivity contribution < 1.29 is 9.53 Å². The predicted molar refractivity (Wildman–Crippen MR) is 62.5 cm³/mol. The summed E-state index contributed by atoms with van der Waals surface area (Å²) in [6, 6.07) is 6.80. The number of nitrogens with one attached hydrogen (secondary N) is 1. The molecule has 0 spiro atoms. The lowest BCUT2D eigenvalue weighted by Crippen LogP contribution is -2.05. The fourth-order valence-electron chi connectivity index (χ4n) is 1.33. The second-order valence-corrected chi connectivity index (χ2v) is 3.55. The van der Waals surface area contributed by atoms with Gasteiger partial charge in [0, 0.05) is 0 Å². The summed E-state index contributed by atoms with van der Waals surface area (Å²) < 4.78 is 6.74. The highest BCUT2D eigenvalue weighted by Gasteiger charge is 2.06. The molecule has 0 amide bonds. The zero-order valence-corrected chi connectivity index (χ0v) is 9.90. The standard InChI is InChI=1S/C10H10N4O2S/c1-2-16-9(15)7-3-5-8(6-4-7)14-10(17)11-12-13-14/h3-6H,2H2,1H3,(H,11,13,17). The van der Waals surface area contributed by atoms with Crippen LogP contribution in [-0.4, -0.2) is 32.8 Å². The molecule has 0 fully saturated rings. The van der Waals surface area contributed by atoms with Gasteiger partial charge in [0.2, 0.25) is 4.77 Å². The average Bonchev–Trinajstić information content (AvgIpc) is 2.76. The highest BCUT2D eigenvalue weighted by Crippen LogP contribution is 2.09. The first-order valence-electron chi connectivity index (χ1n) is 5.00. The molecule has 2 rings (SSSR count). The first-order chi connectivity index (χ1) is 8.22. The molecule has 1 N–H and O–H groups in total. The SMILES string of the molecule is CCOC(=O)c1ccc(-n2[nH]nnc2=S)cc1. The summed E-state index contributed by atoms with van der Waals surface area (Å²) in [5, 5.41) is 9.87. The lowest BCUT2D eigenvalue weighted by molar-refractivity contribution is 0.0526. The summed E-state index contributed by atoms with van der Waals surface area (Å²) in [6.45, 7) is 2.12. The van der Waals surface area contributed by atoms with Crippen LogP contribution < -0.4 is 0 Å². The van der Waals surface area contributed by atoms with Crippen LogP contribution in [0.4, 0.5) is 0 Å². The van der Waals surface area contributed by atoms with Crippen LogP contribution in [-0.2, 0) is 4.74 Å². The van der Waals surface area contributed by atoms with Crippen LogP contribution in [0, 0.1) is 4.77 Å². The number of ether oxygens (including phenoxy) is 1. The van der Waals surface area contributed by atoms with E-state index in [0.29, 0.717) is 16.9 Å². The van der Waals surface area contributed by atoms with Crippen LogP contribution in [0.15, 0.2) is 24.3 Å². The fraction of sp³-hybridized carbons (Fsp3) is 0.200. The molecule has 6 nitrogen and oxygen atoms in total. The van der Waals surface area contributed by atoms with Crippen LogP contribution in [0.2, 0.25) is 0 Å². The molecule has 0 radical (unpaired) electrons. The molecule has 0 aliphatic carbocycles. The van der Waals surface area contributed by atoms with Gasteiger partial charge in [0.25, 0.3) is 0 Å². The highest BCUT2D eigenvalue weighted by molar-refractivity contribution is 7.71. The highest BCUT2D eigenvalue weighted by atomic mass is 32.1. The third-order valence-electron chi connectivity index (χ3n) is 2.11. The number of nitrogens with zero attached hydrogens (tertiary/aromatic N) is 3. The lowest BCUT2D eigenvalue weighted by Gasteiger charge is -2.03. The molecule has 0 atom stereocenters. The van der Waals surface area contributed by atoms with Crippen molar-refractivity contribution in [2.75, 3.05) is 6.61 Å². The molecular formula is C10H10N4O2S. The zero-order valence-electron chi connectivity index (χ0n) is 9.08. The second kappa shape index (κ2) is 4.88. The summed E-state index contributed by atoms with van der Waals surface area (Å²) in [5.74, 6) is -0.342. The van der Waals surface area contributed by atoms with Gasteiger partial charge in [0.15, 0.2) is 0 Å². The van der Waals surface area contributed by atoms with Gasteiger partial charge in [-0.2, -0.15) is 5.21 Å². The van der Waals surface area contributed by atoms with Gasteiger partial charge in [0.05, 0.1) is 17.9 Å². The molecule has 1 aromatic heterocycles. The number of hydrogen-bond donors (Lipinski definition) is 1. The Hall–Kier alpha value is -2.02. The van der Waals surface area contributed by atoms with E-state index >= 15 is 0 Å². The first-order valence-corrected chi connectivity index (χ1v) is 5.41. The number of esters is 1. The molecule has 88 valence electrons. The van der Waals surface area contributed by atoms with E-state index in [1.165, 1.54) is 4.68 Å². The Kier molecular flexibility index (Phi) is 3.29. The van der Waals surface area contributed by atoms with Crippen LogP contribution in [0.25, 0.3) is 5.69 Å². The van der Waals surface area contributed by atoms with Crippen molar-refractivity contribution in [3.05, 3.63) is 34.6 Å². The van der Waals surface area contributed by atoms with E-state index in [1.54, 1.807) is 31.2 Å². The molecule has 1 heterocycles. The Bertz CT molecular complexity index is 572. The van der Waals surface area contributed by atoms with E-state index < -0.39 is 0 Å². The second-order valence-electron chi connectivity index (χ2n) is 3.19. The minimum Gasteiger partial charge on any atom is -0.462 e. The Labute approximate surface area is 102 Å². The van der Waals surface area contributed by atoms with Crippen molar-refractivity contribution >= 4 is 18.2 Å². The maximum absolute atomic E-state index is 11.4. The van der Waals surface area contributed by atoms with E-state index in [1.807, 2.05) is 0 Å². The summed E-state index contributed by atoms with van der Waals surface area (Å²) in [6.07, 6.45) is 0. The molecule has 7 heteroatoms. The topological polar surface area (TPSA) is 72.8 Å².